The molecule has 0 heterocycles. The lowest BCUT2D eigenvalue weighted by atomic mass is 10.2. The minimum atomic E-state index is -0.382. The summed E-state index contributed by atoms with van der Waals surface area (Å²) < 4.78 is 0. The van der Waals surface area contributed by atoms with Gasteiger partial charge < -0.3 is 11.1 Å². The Bertz CT molecular complexity index is 323. The number of carbonyl (C=O) groups is 1. The summed E-state index contributed by atoms with van der Waals surface area (Å²) in [5.41, 5.74) is 6.70. The summed E-state index contributed by atoms with van der Waals surface area (Å²) in [6.45, 7) is 3.11. The highest BCUT2D eigenvalue weighted by atomic mass is 16.1. The van der Waals surface area contributed by atoms with Crippen LogP contribution in [0.3, 0.4) is 0 Å². The highest BCUT2D eigenvalue weighted by molar-refractivity contribution is 5.93. The average molecular weight is 206 g/mol. The van der Waals surface area contributed by atoms with Crippen LogP contribution in [0.15, 0.2) is 24.3 Å². The van der Waals surface area contributed by atoms with Crippen molar-refractivity contribution in [1.29, 1.82) is 0 Å². The maximum absolute atomic E-state index is 10.9. The molecule has 1 amide bonds. The molecule has 3 heteroatoms. The molecular formula is C12H18N2O. The van der Waals surface area contributed by atoms with Gasteiger partial charge in [0.1, 0.15) is 0 Å². The van der Waals surface area contributed by atoms with Crippen LogP contribution in [0.2, 0.25) is 0 Å². The van der Waals surface area contributed by atoms with Gasteiger partial charge in [-0.2, -0.15) is 0 Å². The molecule has 0 fully saturated rings. The third kappa shape index (κ3) is 4.02. The molecule has 0 unspecified atom stereocenters. The van der Waals surface area contributed by atoms with E-state index in [2.05, 4.69) is 12.2 Å². The molecule has 1 aromatic carbocycles. The summed E-state index contributed by atoms with van der Waals surface area (Å²) in [5.74, 6) is -0.382. The lowest BCUT2D eigenvalue weighted by molar-refractivity contribution is 0.100. The first-order valence-electron chi connectivity index (χ1n) is 5.37. The van der Waals surface area contributed by atoms with Crippen LogP contribution in [0, 0.1) is 0 Å². The topological polar surface area (TPSA) is 55.1 Å². The highest BCUT2D eigenvalue weighted by Gasteiger charge is 2.00. The molecule has 0 saturated heterocycles. The zero-order chi connectivity index (χ0) is 11.1. The molecule has 0 spiro atoms. The van der Waals surface area contributed by atoms with Crippen LogP contribution in [0.5, 0.6) is 0 Å². The number of hydrogen-bond acceptors (Lipinski definition) is 2. The van der Waals surface area contributed by atoms with Crippen LogP contribution in [-0.2, 0) is 0 Å². The minimum Gasteiger partial charge on any atom is -0.385 e. The summed E-state index contributed by atoms with van der Waals surface area (Å²) >= 11 is 0. The van der Waals surface area contributed by atoms with Gasteiger partial charge >= 0.3 is 0 Å². The molecule has 1 rings (SSSR count). The number of primary amides is 1. The van der Waals surface area contributed by atoms with Crippen molar-refractivity contribution in [2.75, 3.05) is 11.9 Å². The fourth-order valence-corrected chi connectivity index (χ4v) is 1.39. The molecule has 82 valence electrons. The molecule has 0 radical (unpaired) electrons. The van der Waals surface area contributed by atoms with Gasteiger partial charge in [0.25, 0.3) is 0 Å². The normalized spacial score (nSPS) is 9.93. The van der Waals surface area contributed by atoms with E-state index in [0.717, 1.165) is 18.7 Å². The molecule has 3 N–H and O–H groups in total. The van der Waals surface area contributed by atoms with Crippen molar-refractivity contribution < 1.29 is 4.79 Å². The Morgan fingerprint density at radius 1 is 1.40 bits per heavy atom. The minimum absolute atomic E-state index is 0.382. The third-order valence-corrected chi connectivity index (χ3v) is 2.26. The largest absolute Gasteiger partial charge is 0.385 e. The number of rotatable bonds is 6. The fraction of sp³-hybridized carbons (Fsp3) is 0.417. The smallest absolute Gasteiger partial charge is 0.248 e. The maximum Gasteiger partial charge on any atom is 0.248 e. The summed E-state index contributed by atoms with van der Waals surface area (Å²) in [6, 6.07) is 7.29. The van der Waals surface area contributed by atoms with Gasteiger partial charge in [-0.25, -0.2) is 0 Å². The van der Waals surface area contributed by atoms with Gasteiger partial charge in [-0.05, 0) is 24.6 Å². The summed E-state index contributed by atoms with van der Waals surface area (Å²) in [5, 5.41) is 3.27. The second-order valence-corrected chi connectivity index (χ2v) is 3.58. The van der Waals surface area contributed by atoms with Crippen LogP contribution in [-0.4, -0.2) is 12.5 Å². The lowest BCUT2D eigenvalue weighted by Gasteiger charge is -2.06. The van der Waals surface area contributed by atoms with E-state index in [9.17, 15) is 4.79 Å². The van der Waals surface area contributed by atoms with Crippen LogP contribution >= 0.6 is 0 Å². The first-order valence-corrected chi connectivity index (χ1v) is 5.37. The molecule has 0 aliphatic heterocycles. The first-order chi connectivity index (χ1) is 7.24. The molecule has 0 aliphatic rings. The molecule has 0 aromatic heterocycles. The zero-order valence-corrected chi connectivity index (χ0v) is 9.12. The number of carbonyl (C=O) groups excluding carboxylic acids is 1. The predicted molar refractivity (Wildman–Crippen MR) is 63.0 cm³/mol. The quantitative estimate of drug-likeness (QED) is 0.702. The van der Waals surface area contributed by atoms with E-state index < -0.39 is 0 Å². The lowest BCUT2D eigenvalue weighted by Crippen LogP contribution is -2.11. The average Bonchev–Trinajstić information content (AvgIpc) is 2.25. The van der Waals surface area contributed by atoms with E-state index in [0.29, 0.717) is 5.56 Å². The van der Waals surface area contributed by atoms with E-state index in [-0.39, 0.29) is 5.91 Å². The van der Waals surface area contributed by atoms with E-state index in [1.54, 1.807) is 12.1 Å². The van der Waals surface area contributed by atoms with Gasteiger partial charge in [0.2, 0.25) is 5.91 Å². The molecular weight excluding hydrogens is 188 g/mol. The Morgan fingerprint density at radius 2 is 2.20 bits per heavy atom. The molecule has 0 atom stereocenters. The number of anilines is 1. The van der Waals surface area contributed by atoms with E-state index in [1.165, 1.54) is 12.8 Å². The second-order valence-electron chi connectivity index (χ2n) is 3.58. The molecule has 0 aliphatic carbocycles. The van der Waals surface area contributed by atoms with Crippen molar-refractivity contribution in [1.82, 2.24) is 0 Å². The Balaban J connectivity index is 2.47. The summed E-state index contributed by atoms with van der Waals surface area (Å²) in [7, 11) is 0. The Kier molecular flexibility index (Phi) is 4.68. The maximum atomic E-state index is 10.9. The van der Waals surface area contributed by atoms with Gasteiger partial charge in [-0.3, -0.25) is 4.79 Å². The summed E-state index contributed by atoms with van der Waals surface area (Å²) in [4.78, 5) is 10.9. The SMILES string of the molecule is CCCCCNc1cccc(C(N)=O)c1. The number of amides is 1. The monoisotopic (exact) mass is 206 g/mol. The van der Waals surface area contributed by atoms with Gasteiger partial charge in [0.05, 0.1) is 0 Å². The number of hydrogen-bond donors (Lipinski definition) is 2. The van der Waals surface area contributed by atoms with Gasteiger partial charge in [0.15, 0.2) is 0 Å². The van der Waals surface area contributed by atoms with Gasteiger partial charge in [0, 0.05) is 17.8 Å². The van der Waals surface area contributed by atoms with Crippen LogP contribution in [0.25, 0.3) is 0 Å². The van der Waals surface area contributed by atoms with Crippen LogP contribution < -0.4 is 11.1 Å². The summed E-state index contributed by atoms with van der Waals surface area (Å²) in [6.07, 6.45) is 3.59. The fourth-order valence-electron chi connectivity index (χ4n) is 1.39. The van der Waals surface area contributed by atoms with Gasteiger partial charge in [-0.15, -0.1) is 0 Å². The highest BCUT2D eigenvalue weighted by Crippen LogP contribution is 2.10. The molecule has 0 bridgehead atoms. The van der Waals surface area contributed by atoms with E-state index in [4.69, 9.17) is 5.73 Å². The second kappa shape index (κ2) is 6.06. The van der Waals surface area contributed by atoms with Crippen molar-refractivity contribution in [3.8, 4) is 0 Å². The Morgan fingerprint density at radius 3 is 2.87 bits per heavy atom. The van der Waals surface area contributed by atoms with Gasteiger partial charge in [-0.1, -0.05) is 25.8 Å². The molecule has 0 saturated carbocycles. The Labute approximate surface area is 90.7 Å². The van der Waals surface area contributed by atoms with Crippen molar-refractivity contribution in [3.05, 3.63) is 29.8 Å². The van der Waals surface area contributed by atoms with Crippen LogP contribution in [0.1, 0.15) is 36.5 Å². The number of nitrogens with one attached hydrogen (secondary N) is 1. The van der Waals surface area contributed by atoms with Crippen molar-refractivity contribution in [2.24, 2.45) is 5.73 Å². The molecule has 1 aromatic rings. The third-order valence-electron chi connectivity index (χ3n) is 2.26. The van der Waals surface area contributed by atoms with Crippen molar-refractivity contribution in [3.63, 3.8) is 0 Å². The molecule has 15 heavy (non-hydrogen) atoms. The van der Waals surface area contributed by atoms with E-state index >= 15 is 0 Å². The first kappa shape index (κ1) is 11.6. The molecule has 3 nitrogen and oxygen atoms in total. The zero-order valence-electron chi connectivity index (χ0n) is 9.12. The number of nitrogens with two attached hydrogens (primary N) is 1. The number of benzene rings is 1. The Hall–Kier alpha value is -1.51. The van der Waals surface area contributed by atoms with Crippen LogP contribution in [0.4, 0.5) is 5.69 Å². The predicted octanol–water partition coefficient (Wildman–Crippen LogP) is 2.39. The van der Waals surface area contributed by atoms with Crippen molar-refractivity contribution >= 4 is 11.6 Å². The standard InChI is InChI=1S/C12H18N2O/c1-2-3-4-8-14-11-7-5-6-10(9-11)12(13)15/h5-7,9,14H,2-4,8H2,1H3,(H2,13,15). The van der Waals surface area contributed by atoms with E-state index in [1.807, 2.05) is 12.1 Å². The number of unbranched alkanes of at least 4 members (excludes halogenated alkanes) is 2. The van der Waals surface area contributed by atoms with Crippen molar-refractivity contribution in [2.45, 2.75) is 26.2 Å².